The Morgan fingerprint density at radius 3 is 2.83 bits per heavy atom. The van der Waals surface area contributed by atoms with Crippen molar-refractivity contribution in [2.24, 2.45) is 5.73 Å². The molecule has 2 aromatic rings. The van der Waals surface area contributed by atoms with Crippen molar-refractivity contribution in [3.63, 3.8) is 0 Å². The van der Waals surface area contributed by atoms with Gasteiger partial charge in [0.1, 0.15) is 11.9 Å². The molecule has 7 nitrogen and oxygen atoms in total. The number of aromatic nitrogens is 2. The van der Waals surface area contributed by atoms with Crippen molar-refractivity contribution in [2.45, 2.75) is 6.10 Å². The molecular formula is C11H13N5O2. The monoisotopic (exact) mass is 247 g/mol. The fourth-order valence-corrected chi connectivity index (χ4v) is 1.52. The summed E-state index contributed by atoms with van der Waals surface area (Å²) in [6.45, 7) is -0.0320. The number of nitrogens with two attached hydrogens (primary N) is 2. The Hall–Kier alpha value is -2.41. The zero-order valence-electron chi connectivity index (χ0n) is 9.50. The summed E-state index contributed by atoms with van der Waals surface area (Å²) in [6.07, 6.45) is -1.28. The van der Waals surface area contributed by atoms with Crippen LogP contribution in [0.4, 0.5) is 11.8 Å². The van der Waals surface area contributed by atoms with Gasteiger partial charge in [0.05, 0.1) is 12.1 Å². The molecular weight excluding hydrogens is 234 g/mol. The van der Waals surface area contributed by atoms with Crippen molar-refractivity contribution in [1.29, 1.82) is 0 Å². The Labute approximate surface area is 103 Å². The molecule has 1 amide bonds. The highest BCUT2D eigenvalue weighted by Crippen LogP contribution is 2.20. The minimum atomic E-state index is -1.28. The highest BCUT2D eigenvalue weighted by molar-refractivity contribution is 5.90. The van der Waals surface area contributed by atoms with E-state index in [-0.39, 0.29) is 12.5 Å². The number of anilines is 2. The summed E-state index contributed by atoms with van der Waals surface area (Å²) in [6, 6.07) is 7.27. The lowest BCUT2D eigenvalue weighted by Gasteiger charge is -2.11. The molecule has 0 saturated heterocycles. The molecule has 0 saturated carbocycles. The molecule has 0 fully saturated rings. The number of hydrogen-bond donors (Lipinski definition) is 4. The van der Waals surface area contributed by atoms with E-state index in [4.69, 9.17) is 11.5 Å². The van der Waals surface area contributed by atoms with E-state index in [0.29, 0.717) is 11.3 Å². The van der Waals surface area contributed by atoms with Gasteiger partial charge < -0.3 is 21.9 Å². The SMILES string of the molecule is NC(=O)C(O)CNc1nc(N)nc2ccccc12. The van der Waals surface area contributed by atoms with E-state index in [2.05, 4.69) is 15.3 Å². The molecule has 7 heteroatoms. The lowest BCUT2D eigenvalue weighted by Crippen LogP contribution is -2.34. The van der Waals surface area contributed by atoms with Crippen LogP contribution in [0, 0.1) is 0 Å². The lowest BCUT2D eigenvalue weighted by atomic mass is 10.2. The van der Waals surface area contributed by atoms with Crippen LogP contribution in [-0.4, -0.2) is 33.6 Å². The number of amides is 1. The number of aliphatic hydroxyl groups excluding tert-OH is 1. The van der Waals surface area contributed by atoms with Crippen LogP contribution in [0.3, 0.4) is 0 Å². The summed E-state index contributed by atoms with van der Waals surface area (Å²) in [5.74, 6) is -0.225. The largest absolute Gasteiger partial charge is 0.381 e. The van der Waals surface area contributed by atoms with Crippen molar-refractivity contribution < 1.29 is 9.90 Å². The van der Waals surface area contributed by atoms with Crippen LogP contribution in [0.1, 0.15) is 0 Å². The molecule has 0 spiro atoms. The maximum absolute atomic E-state index is 10.7. The maximum Gasteiger partial charge on any atom is 0.248 e. The average Bonchev–Trinajstić information content (AvgIpc) is 2.35. The normalized spacial score (nSPS) is 12.3. The fraction of sp³-hybridized carbons (Fsp3) is 0.182. The Morgan fingerprint density at radius 1 is 1.39 bits per heavy atom. The molecule has 18 heavy (non-hydrogen) atoms. The first-order valence-corrected chi connectivity index (χ1v) is 5.31. The zero-order valence-corrected chi connectivity index (χ0v) is 9.50. The predicted octanol–water partition coefficient (Wildman–Crippen LogP) is -0.530. The van der Waals surface area contributed by atoms with Crippen LogP contribution in [0.15, 0.2) is 24.3 Å². The molecule has 1 aromatic carbocycles. The number of hydrogen-bond acceptors (Lipinski definition) is 6. The van der Waals surface area contributed by atoms with Gasteiger partial charge in [-0.1, -0.05) is 12.1 Å². The first kappa shape index (κ1) is 12.1. The number of benzene rings is 1. The molecule has 0 radical (unpaired) electrons. The number of carbonyl (C=O) groups is 1. The van der Waals surface area contributed by atoms with Gasteiger partial charge in [0.15, 0.2) is 0 Å². The number of nitrogens with zero attached hydrogens (tertiary/aromatic N) is 2. The van der Waals surface area contributed by atoms with Crippen molar-refractivity contribution in [3.8, 4) is 0 Å². The standard InChI is InChI=1S/C11H13N5O2/c12-9(18)8(17)5-14-10-6-3-1-2-4-7(6)15-11(13)16-10/h1-4,8,17H,5H2,(H2,12,18)(H3,13,14,15,16). The molecule has 1 unspecified atom stereocenters. The molecule has 0 aliphatic carbocycles. The highest BCUT2D eigenvalue weighted by Gasteiger charge is 2.12. The quantitative estimate of drug-likeness (QED) is 0.575. The lowest BCUT2D eigenvalue weighted by molar-refractivity contribution is -0.125. The van der Waals surface area contributed by atoms with Crippen LogP contribution in [0.2, 0.25) is 0 Å². The summed E-state index contributed by atoms with van der Waals surface area (Å²) < 4.78 is 0. The first-order chi connectivity index (χ1) is 8.58. The number of nitrogen functional groups attached to an aromatic ring is 1. The number of fused-ring (bicyclic) bond motifs is 1. The Balaban J connectivity index is 2.29. The third-order valence-electron chi connectivity index (χ3n) is 2.41. The number of para-hydroxylation sites is 1. The van der Waals surface area contributed by atoms with Crippen molar-refractivity contribution >= 4 is 28.6 Å². The first-order valence-electron chi connectivity index (χ1n) is 5.31. The van der Waals surface area contributed by atoms with Gasteiger partial charge in [0.25, 0.3) is 0 Å². The van der Waals surface area contributed by atoms with Gasteiger partial charge in [0.2, 0.25) is 11.9 Å². The fourth-order valence-electron chi connectivity index (χ4n) is 1.52. The molecule has 1 heterocycles. The van der Waals surface area contributed by atoms with E-state index in [0.717, 1.165) is 5.39 Å². The minimum absolute atomic E-state index is 0.0320. The van der Waals surface area contributed by atoms with Crippen LogP contribution in [0.25, 0.3) is 10.9 Å². The van der Waals surface area contributed by atoms with Gasteiger partial charge in [-0.15, -0.1) is 0 Å². The molecule has 94 valence electrons. The molecule has 0 aliphatic heterocycles. The molecule has 1 aromatic heterocycles. The van der Waals surface area contributed by atoms with Gasteiger partial charge >= 0.3 is 0 Å². The summed E-state index contributed by atoms with van der Waals surface area (Å²) in [5.41, 5.74) is 11.2. The molecule has 6 N–H and O–H groups in total. The Bertz CT molecular complexity index is 587. The van der Waals surface area contributed by atoms with Gasteiger partial charge in [-0.25, -0.2) is 4.98 Å². The molecule has 0 bridgehead atoms. The van der Waals surface area contributed by atoms with Gasteiger partial charge in [-0.2, -0.15) is 4.98 Å². The summed E-state index contributed by atoms with van der Waals surface area (Å²) >= 11 is 0. The van der Waals surface area contributed by atoms with Crippen LogP contribution >= 0.6 is 0 Å². The third kappa shape index (κ3) is 2.46. The second-order valence-electron chi connectivity index (χ2n) is 3.75. The van der Waals surface area contributed by atoms with Gasteiger partial charge in [0, 0.05) is 5.39 Å². The van der Waals surface area contributed by atoms with Crippen molar-refractivity contribution in [2.75, 3.05) is 17.6 Å². The van der Waals surface area contributed by atoms with Gasteiger partial charge in [-0.05, 0) is 12.1 Å². The topological polar surface area (TPSA) is 127 Å². The number of rotatable bonds is 4. The average molecular weight is 247 g/mol. The van der Waals surface area contributed by atoms with E-state index in [9.17, 15) is 9.90 Å². The van der Waals surface area contributed by atoms with E-state index in [1.54, 1.807) is 6.07 Å². The number of carbonyl (C=O) groups excluding carboxylic acids is 1. The zero-order chi connectivity index (χ0) is 13.1. The molecule has 1 atom stereocenters. The smallest absolute Gasteiger partial charge is 0.248 e. The maximum atomic E-state index is 10.7. The van der Waals surface area contributed by atoms with E-state index in [1.165, 1.54) is 0 Å². The van der Waals surface area contributed by atoms with E-state index < -0.39 is 12.0 Å². The molecule has 2 rings (SSSR count). The Kier molecular flexibility index (Phi) is 3.24. The van der Waals surface area contributed by atoms with Crippen LogP contribution < -0.4 is 16.8 Å². The Morgan fingerprint density at radius 2 is 2.11 bits per heavy atom. The van der Waals surface area contributed by atoms with E-state index in [1.807, 2.05) is 18.2 Å². The summed E-state index contributed by atoms with van der Waals surface area (Å²) in [5, 5.41) is 12.9. The van der Waals surface area contributed by atoms with Crippen LogP contribution in [0.5, 0.6) is 0 Å². The van der Waals surface area contributed by atoms with Gasteiger partial charge in [-0.3, -0.25) is 4.79 Å². The molecule has 0 aliphatic rings. The van der Waals surface area contributed by atoms with Crippen LogP contribution in [-0.2, 0) is 4.79 Å². The number of nitrogens with one attached hydrogen (secondary N) is 1. The minimum Gasteiger partial charge on any atom is -0.381 e. The number of aliphatic hydroxyl groups is 1. The number of primary amides is 1. The van der Waals surface area contributed by atoms with Crippen molar-refractivity contribution in [3.05, 3.63) is 24.3 Å². The second-order valence-corrected chi connectivity index (χ2v) is 3.75. The second kappa shape index (κ2) is 4.84. The predicted molar refractivity (Wildman–Crippen MR) is 67.6 cm³/mol. The summed E-state index contributed by atoms with van der Waals surface area (Å²) in [7, 11) is 0. The summed E-state index contributed by atoms with van der Waals surface area (Å²) in [4.78, 5) is 18.8. The van der Waals surface area contributed by atoms with Crippen molar-refractivity contribution in [1.82, 2.24) is 9.97 Å². The highest BCUT2D eigenvalue weighted by atomic mass is 16.3. The van der Waals surface area contributed by atoms with E-state index >= 15 is 0 Å². The third-order valence-corrected chi connectivity index (χ3v) is 2.41.